The van der Waals surface area contributed by atoms with E-state index < -0.39 is 9.84 Å². The summed E-state index contributed by atoms with van der Waals surface area (Å²) in [7, 11) is -1.41. The highest BCUT2D eigenvalue weighted by atomic mass is 32.2. The van der Waals surface area contributed by atoms with Crippen LogP contribution in [0.4, 0.5) is 0 Å². The highest BCUT2D eigenvalue weighted by Crippen LogP contribution is 2.18. The lowest BCUT2D eigenvalue weighted by Gasteiger charge is -2.04. The van der Waals surface area contributed by atoms with Crippen LogP contribution in [0.15, 0.2) is 55.0 Å². The van der Waals surface area contributed by atoms with Crippen LogP contribution in [0.1, 0.15) is 11.1 Å². The van der Waals surface area contributed by atoms with E-state index in [-0.39, 0.29) is 5.75 Å². The summed E-state index contributed by atoms with van der Waals surface area (Å²) < 4.78 is 29.6. The maximum absolute atomic E-state index is 11.3. The van der Waals surface area contributed by atoms with Crippen LogP contribution in [0.2, 0.25) is 0 Å². The van der Waals surface area contributed by atoms with E-state index in [1.165, 1.54) is 6.26 Å². The van der Waals surface area contributed by atoms with E-state index in [9.17, 15) is 8.42 Å². The minimum Gasteiger partial charge on any atom is -0.497 e. The van der Waals surface area contributed by atoms with Gasteiger partial charge in [-0.05, 0) is 29.3 Å². The molecule has 6 nitrogen and oxygen atoms in total. The van der Waals surface area contributed by atoms with Gasteiger partial charge in [-0.2, -0.15) is 5.10 Å². The quantitative estimate of drug-likeness (QED) is 0.678. The fourth-order valence-corrected chi connectivity index (χ4v) is 3.26. The van der Waals surface area contributed by atoms with E-state index in [1.807, 2.05) is 41.2 Å². The first-order valence-electron chi connectivity index (χ1n) is 7.71. The highest BCUT2D eigenvalue weighted by molar-refractivity contribution is 7.89. The van der Waals surface area contributed by atoms with Gasteiger partial charge < -0.3 is 4.74 Å². The van der Waals surface area contributed by atoms with Crippen LogP contribution in [0.3, 0.4) is 0 Å². The van der Waals surface area contributed by atoms with Crippen molar-refractivity contribution in [3.8, 4) is 17.0 Å². The molecular formula is C18H19N3O3S. The number of benzene rings is 1. The molecule has 130 valence electrons. The lowest BCUT2D eigenvalue weighted by Crippen LogP contribution is -2.01. The summed E-state index contributed by atoms with van der Waals surface area (Å²) in [5.41, 5.74) is 3.45. The Morgan fingerprint density at radius 3 is 2.36 bits per heavy atom. The van der Waals surface area contributed by atoms with E-state index >= 15 is 0 Å². The van der Waals surface area contributed by atoms with Gasteiger partial charge in [0, 0.05) is 24.2 Å². The third-order valence-corrected chi connectivity index (χ3v) is 4.54. The number of aromatic nitrogens is 3. The monoisotopic (exact) mass is 357 g/mol. The first-order valence-corrected chi connectivity index (χ1v) is 9.77. The predicted molar refractivity (Wildman–Crippen MR) is 96.1 cm³/mol. The predicted octanol–water partition coefficient (Wildman–Crippen LogP) is 2.55. The Labute approximate surface area is 147 Å². The molecule has 0 radical (unpaired) electrons. The van der Waals surface area contributed by atoms with Gasteiger partial charge >= 0.3 is 0 Å². The Morgan fingerprint density at radius 1 is 1.04 bits per heavy atom. The third kappa shape index (κ3) is 4.67. The maximum atomic E-state index is 11.3. The largest absolute Gasteiger partial charge is 0.497 e. The second-order valence-electron chi connectivity index (χ2n) is 5.90. The summed E-state index contributed by atoms with van der Waals surface area (Å²) in [6, 6.07) is 11.4. The molecule has 0 unspecified atom stereocenters. The molecule has 0 spiro atoms. The van der Waals surface area contributed by atoms with Crippen LogP contribution in [-0.4, -0.2) is 36.5 Å². The van der Waals surface area contributed by atoms with Crippen molar-refractivity contribution >= 4 is 9.84 Å². The number of hydrogen-bond donors (Lipinski definition) is 0. The maximum Gasteiger partial charge on any atom is 0.151 e. The van der Waals surface area contributed by atoms with Gasteiger partial charge in [0.1, 0.15) is 5.75 Å². The van der Waals surface area contributed by atoms with Crippen molar-refractivity contribution in [2.75, 3.05) is 13.4 Å². The topological polar surface area (TPSA) is 74.1 Å². The first-order chi connectivity index (χ1) is 11.9. The van der Waals surface area contributed by atoms with Gasteiger partial charge in [0.25, 0.3) is 0 Å². The average molecular weight is 357 g/mol. The minimum absolute atomic E-state index is 0.00296. The summed E-state index contributed by atoms with van der Waals surface area (Å²) in [6.45, 7) is 0.649. The van der Waals surface area contributed by atoms with E-state index in [4.69, 9.17) is 4.74 Å². The minimum atomic E-state index is -3.06. The highest BCUT2D eigenvalue weighted by Gasteiger charge is 2.07. The van der Waals surface area contributed by atoms with Crippen molar-refractivity contribution in [1.82, 2.24) is 14.8 Å². The summed E-state index contributed by atoms with van der Waals surface area (Å²) in [6.07, 6.45) is 6.48. The van der Waals surface area contributed by atoms with Crippen LogP contribution >= 0.6 is 0 Å². The molecule has 0 fully saturated rings. The SMILES string of the molecule is COc1ccc(Cn2cc(-c3ccc(CS(C)(=O)=O)cn3)cn2)cc1. The second kappa shape index (κ2) is 7.06. The summed E-state index contributed by atoms with van der Waals surface area (Å²) in [4.78, 5) is 4.34. The van der Waals surface area contributed by atoms with Crippen LogP contribution in [0.25, 0.3) is 11.3 Å². The fourth-order valence-electron chi connectivity index (χ4n) is 2.48. The smallest absolute Gasteiger partial charge is 0.151 e. The molecule has 0 bridgehead atoms. The van der Waals surface area contributed by atoms with Crippen molar-refractivity contribution in [3.05, 3.63) is 66.1 Å². The molecular weight excluding hydrogens is 338 g/mol. The van der Waals surface area contributed by atoms with Crippen molar-refractivity contribution in [2.45, 2.75) is 12.3 Å². The Balaban J connectivity index is 1.72. The molecule has 2 heterocycles. The van der Waals surface area contributed by atoms with Gasteiger partial charge in [0.15, 0.2) is 9.84 Å². The van der Waals surface area contributed by atoms with Gasteiger partial charge in [0.2, 0.25) is 0 Å². The number of hydrogen-bond acceptors (Lipinski definition) is 5. The van der Waals surface area contributed by atoms with Crippen LogP contribution < -0.4 is 4.74 Å². The average Bonchev–Trinajstić information content (AvgIpc) is 3.03. The molecule has 1 aromatic carbocycles. The molecule has 0 atom stereocenters. The standard InChI is InChI=1S/C18H19N3O3S/c1-24-17-6-3-14(4-7-17)11-21-12-16(10-20-21)18-8-5-15(9-19-18)13-25(2,22)23/h3-10,12H,11,13H2,1-2H3. The zero-order chi connectivity index (χ0) is 17.9. The molecule has 0 aliphatic carbocycles. The van der Waals surface area contributed by atoms with Gasteiger partial charge in [-0.1, -0.05) is 18.2 Å². The lowest BCUT2D eigenvalue weighted by molar-refractivity contribution is 0.414. The molecule has 3 aromatic rings. The van der Waals surface area contributed by atoms with Gasteiger partial charge in [-0.3, -0.25) is 9.67 Å². The zero-order valence-electron chi connectivity index (χ0n) is 14.1. The molecule has 0 amide bonds. The van der Waals surface area contributed by atoms with Crippen molar-refractivity contribution in [1.29, 1.82) is 0 Å². The van der Waals surface area contributed by atoms with Crippen molar-refractivity contribution in [3.63, 3.8) is 0 Å². The molecule has 2 aromatic heterocycles. The molecule has 0 aliphatic heterocycles. The number of rotatable bonds is 6. The van der Waals surface area contributed by atoms with Crippen molar-refractivity contribution in [2.24, 2.45) is 0 Å². The van der Waals surface area contributed by atoms with Gasteiger partial charge in [-0.25, -0.2) is 8.42 Å². The van der Waals surface area contributed by atoms with Gasteiger partial charge in [0.05, 0.1) is 31.3 Å². The van der Waals surface area contributed by atoms with E-state index in [0.717, 1.165) is 22.6 Å². The first kappa shape index (κ1) is 17.2. The molecule has 0 saturated carbocycles. The van der Waals surface area contributed by atoms with E-state index in [2.05, 4.69) is 10.1 Å². The zero-order valence-corrected chi connectivity index (χ0v) is 14.9. The number of ether oxygens (including phenoxy) is 1. The summed E-state index contributed by atoms with van der Waals surface area (Å²) in [5.74, 6) is 0.820. The van der Waals surface area contributed by atoms with E-state index in [0.29, 0.717) is 12.1 Å². The number of sulfone groups is 1. The Kier molecular flexibility index (Phi) is 4.85. The Bertz CT molecular complexity index is 946. The Morgan fingerprint density at radius 2 is 1.76 bits per heavy atom. The molecule has 0 saturated heterocycles. The number of nitrogens with zero attached hydrogens (tertiary/aromatic N) is 3. The fraction of sp³-hybridized carbons (Fsp3) is 0.222. The van der Waals surface area contributed by atoms with E-state index in [1.54, 1.807) is 25.6 Å². The molecule has 3 rings (SSSR count). The number of pyridine rings is 1. The van der Waals surface area contributed by atoms with Crippen LogP contribution in [0.5, 0.6) is 5.75 Å². The van der Waals surface area contributed by atoms with Crippen molar-refractivity contribution < 1.29 is 13.2 Å². The summed E-state index contributed by atoms with van der Waals surface area (Å²) >= 11 is 0. The molecule has 25 heavy (non-hydrogen) atoms. The molecule has 7 heteroatoms. The second-order valence-corrected chi connectivity index (χ2v) is 8.04. The molecule has 0 N–H and O–H groups in total. The molecule has 0 aliphatic rings. The third-order valence-electron chi connectivity index (χ3n) is 3.69. The normalized spacial score (nSPS) is 11.4. The lowest BCUT2D eigenvalue weighted by atomic mass is 10.2. The summed E-state index contributed by atoms with van der Waals surface area (Å²) in [5, 5.41) is 4.36. The van der Waals surface area contributed by atoms with Crippen LogP contribution in [0, 0.1) is 0 Å². The Hall–Kier alpha value is -2.67. The van der Waals surface area contributed by atoms with Gasteiger partial charge in [-0.15, -0.1) is 0 Å². The van der Waals surface area contributed by atoms with Crippen LogP contribution in [-0.2, 0) is 22.1 Å². The number of methoxy groups -OCH3 is 1.